The van der Waals surface area contributed by atoms with Crippen LogP contribution in [-0.4, -0.2) is 6.26 Å². The zero-order chi connectivity index (χ0) is 13.0. The molecule has 2 aromatic rings. The second-order valence-corrected chi connectivity index (χ2v) is 5.91. The summed E-state index contributed by atoms with van der Waals surface area (Å²) in [6.45, 7) is 2.93. The average Bonchev–Trinajstić information content (AvgIpc) is 2.38. The fraction of sp³-hybridized carbons (Fsp3) is 0.200. The van der Waals surface area contributed by atoms with Gasteiger partial charge in [-0.3, -0.25) is 0 Å². The number of nitrogens with one attached hydrogen (secondary N) is 1. The molecule has 0 atom stereocenters. The van der Waals surface area contributed by atoms with Crippen molar-refractivity contribution < 1.29 is 0 Å². The second-order valence-electron chi connectivity index (χ2n) is 4.18. The first-order chi connectivity index (χ1) is 8.69. The standard InChI is InChI=1S/C15H16BrNS/c1-11-6-7-12(15(16)8-11)10-17-13-4-3-5-14(9-13)18-2/h3-9,17H,10H2,1-2H3. The van der Waals surface area contributed by atoms with Gasteiger partial charge in [0.2, 0.25) is 0 Å². The summed E-state index contributed by atoms with van der Waals surface area (Å²) in [5.74, 6) is 0. The zero-order valence-electron chi connectivity index (χ0n) is 10.5. The normalized spacial score (nSPS) is 10.4. The lowest BCUT2D eigenvalue weighted by atomic mass is 10.1. The number of halogens is 1. The molecule has 0 aliphatic heterocycles. The number of hydrogen-bond donors (Lipinski definition) is 1. The van der Waals surface area contributed by atoms with Gasteiger partial charge in [0.1, 0.15) is 0 Å². The molecule has 0 aromatic heterocycles. The molecule has 18 heavy (non-hydrogen) atoms. The van der Waals surface area contributed by atoms with Crippen molar-refractivity contribution in [3.05, 3.63) is 58.1 Å². The van der Waals surface area contributed by atoms with E-state index in [1.54, 1.807) is 11.8 Å². The maximum absolute atomic E-state index is 3.60. The van der Waals surface area contributed by atoms with Gasteiger partial charge in [-0.2, -0.15) is 0 Å². The number of thioether (sulfide) groups is 1. The van der Waals surface area contributed by atoms with Gasteiger partial charge in [0, 0.05) is 21.6 Å². The van der Waals surface area contributed by atoms with Crippen molar-refractivity contribution in [1.82, 2.24) is 0 Å². The Balaban J connectivity index is 2.06. The molecule has 0 amide bonds. The molecule has 0 saturated carbocycles. The molecule has 0 saturated heterocycles. The highest BCUT2D eigenvalue weighted by Crippen LogP contribution is 2.22. The molecule has 0 radical (unpaired) electrons. The van der Waals surface area contributed by atoms with Gasteiger partial charge in [-0.05, 0) is 48.6 Å². The molecular formula is C15H16BrNS. The molecule has 1 nitrogen and oxygen atoms in total. The van der Waals surface area contributed by atoms with Crippen LogP contribution >= 0.6 is 27.7 Å². The maximum Gasteiger partial charge on any atom is 0.0411 e. The Labute approximate surface area is 121 Å². The van der Waals surface area contributed by atoms with E-state index in [0.717, 1.165) is 16.7 Å². The lowest BCUT2D eigenvalue weighted by molar-refractivity contribution is 1.13. The van der Waals surface area contributed by atoms with E-state index < -0.39 is 0 Å². The summed E-state index contributed by atoms with van der Waals surface area (Å²) >= 11 is 5.37. The number of hydrogen-bond acceptors (Lipinski definition) is 2. The molecule has 2 aromatic carbocycles. The lowest BCUT2D eigenvalue weighted by Gasteiger charge is -2.09. The number of rotatable bonds is 4. The van der Waals surface area contributed by atoms with Gasteiger partial charge in [-0.25, -0.2) is 0 Å². The minimum absolute atomic E-state index is 0.832. The van der Waals surface area contributed by atoms with Gasteiger partial charge in [0.25, 0.3) is 0 Å². The summed E-state index contributed by atoms with van der Waals surface area (Å²) in [6.07, 6.45) is 2.09. The monoisotopic (exact) mass is 321 g/mol. The average molecular weight is 322 g/mol. The van der Waals surface area contributed by atoms with Gasteiger partial charge in [0.15, 0.2) is 0 Å². The lowest BCUT2D eigenvalue weighted by Crippen LogP contribution is -2.00. The molecule has 3 heteroatoms. The van der Waals surface area contributed by atoms with Crippen molar-refractivity contribution in [2.45, 2.75) is 18.4 Å². The highest BCUT2D eigenvalue weighted by atomic mass is 79.9. The Bertz CT molecular complexity index is 540. The van der Waals surface area contributed by atoms with Crippen LogP contribution < -0.4 is 5.32 Å². The van der Waals surface area contributed by atoms with Crippen LogP contribution in [0.1, 0.15) is 11.1 Å². The van der Waals surface area contributed by atoms with E-state index in [1.807, 2.05) is 0 Å². The minimum atomic E-state index is 0.832. The van der Waals surface area contributed by atoms with Crippen molar-refractivity contribution >= 4 is 33.4 Å². The van der Waals surface area contributed by atoms with Crippen LogP contribution in [0.2, 0.25) is 0 Å². The van der Waals surface area contributed by atoms with Gasteiger partial charge in [-0.15, -0.1) is 11.8 Å². The molecule has 0 fully saturated rings. The fourth-order valence-electron chi connectivity index (χ4n) is 1.73. The summed E-state index contributed by atoms with van der Waals surface area (Å²) < 4.78 is 1.16. The van der Waals surface area contributed by atoms with Crippen LogP contribution in [0.25, 0.3) is 0 Å². The summed E-state index contributed by atoms with van der Waals surface area (Å²) in [5.41, 5.74) is 3.71. The third kappa shape index (κ3) is 3.53. The Kier molecular flexibility index (Phi) is 4.72. The van der Waals surface area contributed by atoms with Crippen molar-refractivity contribution in [2.75, 3.05) is 11.6 Å². The summed E-state index contributed by atoms with van der Waals surface area (Å²) in [4.78, 5) is 1.28. The van der Waals surface area contributed by atoms with Crippen molar-refractivity contribution in [2.24, 2.45) is 0 Å². The van der Waals surface area contributed by atoms with Gasteiger partial charge in [0.05, 0.1) is 0 Å². The van der Waals surface area contributed by atoms with Crippen LogP contribution in [-0.2, 0) is 6.54 Å². The SMILES string of the molecule is CSc1cccc(NCc2ccc(C)cc2Br)c1. The molecule has 2 rings (SSSR count). The fourth-order valence-corrected chi connectivity index (χ4v) is 2.82. The first-order valence-corrected chi connectivity index (χ1v) is 7.84. The summed E-state index contributed by atoms with van der Waals surface area (Å²) in [5, 5.41) is 3.45. The minimum Gasteiger partial charge on any atom is -0.381 e. The number of anilines is 1. The molecule has 0 spiro atoms. The molecule has 0 unspecified atom stereocenters. The maximum atomic E-state index is 3.60. The van der Waals surface area contributed by atoms with Crippen LogP contribution in [0.3, 0.4) is 0 Å². The highest BCUT2D eigenvalue weighted by molar-refractivity contribution is 9.10. The second kappa shape index (κ2) is 6.30. The van der Waals surface area contributed by atoms with Gasteiger partial charge >= 0.3 is 0 Å². The molecule has 0 aliphatic rings. The molecule has 1 N–H and O–H groups in total. The van der Waals surface area contributed by atoms with Crippen LogP contribution in [0.15, 0.2) is 51.8 Å². The van der Waals surface area contributed by atoms with E-state index in [4.69, 9.17) is 0 Å². The first-order valence-electron chi connectivity index (χ1n) is 5.82. The van der Waals surface area contributed by atoms with Crippen LogP contribution in [0.5, 0.6) is 0 Å². The van der Waals surface area contributed by atoms with Crippen molar-refractivity contribution in [3.8, 4) is 0 Å². The Hall–Kier alpha value is -0.930. The van der Waals surface area contributed by atoms with Crippen LogP contribution in [0.4, 0.5) is 5.69 Å². The largest absolute Gasteiger partial charge is 0.381 e. The molecule has 0 bridgehead atoms. The van der Waals surface area contributed by atoms with E-state index in [0.29, 0.717) is 0 Å². The van der Waals surface area contributed by atoms with E-state index in [1.165, 1.54) is 16.0 Å². The predicted octanol–water partition coefficient (Wildman–Crippen LogP) is 5.09. The molecular weight excluding hydrogens is 306 g/mol. The molecule has 0 aliphatic carbocycles. The summed E-state index contributed by atoms with van der Waals surface area (Å²) in [6, 6.07) is 14.9. The quantitative estimate of drug-likeness (QED) is 0.787. The zero-order valence-corrected chi connectivity index (χ0v) is 12.9. The van der Waals surface area contributed by atoms with Gasteiger partial charge < -0.3 is 5.32 Å². The smallest absolute Gasteiger partial charge is 0.0411 e. The number of benzene rings is 2. The van der Waals surface area contributed by atoms with E-state index in [9.17, 15) is 0 Å². The Morgan fingerprint density at radius 2 is 2.00 bits per heavy atom. The topological polar surface area (TPSA) is 12.0 Å². The molecule has 0 heterocycles. The van der Waals surface area contributed by atoms with Crippen LogP contribution in [0, 0.1) is 6.92 Å². The third-order valence-corrected chi connectivity index (χ3v) is 4.22. The van der Waals surface area contributed by atoms with E-state index >= 15 is 0 Å². The first kappa shape index (κ1) is 13.5. The summed E-state index contributed by atoms with van der Waals surface area (Å²) in [7, 11) is 0. The van der Waals surface area contributed by atoms with E-state index in [2.05, 4.69) is 76.9 Å². The van der Waals surface area contributed by atoms with Gasteiger partial charge in [-0.1, -0.05) is 34.1 Å². The predicted molar refractivity (Wildman–Crippen MR) is 84.4 cm³/mol. The Morgan fingerprint density at radius 3 is 2.72 bits per heavy atom. The Morgan fingerprint density at radius 1 is 1.17 bits per heavy atom. The highest BCUT2D eigenvalue weighted by Gasteiger charge is 2.00. The molecule has 94 valence electrons. The third-order valence-electron chi connectivity index (χ3n) is 2.76. The van der Waals surface area contributed by atoms with Crippen molar-refractivity contribution in [1.29, 1.82) is 0 Å². The van der Waals surface area contributed by atoms with Crippen molar-refractivity contribution in [3.63, 3.8) is 0 Å². The van der Waals surface area contributed by atoms with E-state index in [-0.39, 0.29) is 0 Å². The number of aryl methyl sites for hydroxylation is 1.